The van der Waals surface area contributed by atoms with Crippen LogP contribution in [0.4, 0.5) is 0 Å². The molecule has 1 aromatic heterocycles. The molecule has 1 N–H and O–H groups in total. The molecule has 0 aliphatic rings. The molecule has 0 radical (unpaired) electrons. The predicted octanol–water partition coefficient (Wildman–Crippen LogP) is 1.04. The molecule has 0 aliphatic carbocycles. The Morgan fingerprint density at radius 2 is 2.19 bits per heavy atom. The standard InChI is InChI=1S/C12H13NO3/c1-13-4-3-8-6-11(16-2)9(7-14)5-10(8)12(13)15/h3-6,14H,7H2,1-2H3. The molecule has 0 bridgehead atoms. The number of ether oxygens (including phenoxy) is 1. The van der Waals surface area contributed by atoms with Gasteiger partial charge in [0.25, 0.3) is 5.56 Å². The fraction of sp³-hybridized carbons (Fsp3) is 0.250. The molecule has 16 heavy (non-hydrogen) atoms. The Morgan fingerprint density at radius 1 is 1.44 bits per heavy atom. The second kappa shape index (κ2) is 3.98. The first kappa shape index (κ1) is 10.7. The Hall–Kier alpha value is -1.81. The molecule has 0 saturated carbocycles. The van der Waals surface area contributed by atoms with Gasteiger partial charge in [-0.05, 0) is 23.6 Å². The molecule has 0 saturated heterocycles. The highest BCUT2D eigenvalue weighted by Gasteiger charge is 2.07. The summed E-state index contributed by atoms with van der Waals surface area (Å²) in [5, 5.41) is 10.6. The van der Waals surface area contributed by atoms with E-state index in [2.05, 4.69) is 0 Å². The predicted molar refractivity (Wildman–Crippen MR) is 61.7 cm³/mol. The molecule has 2 aromatic rings. The van der Waals surface area contributed by atoms with Crippen molar-refractivity contribution >= 4 is 10.8 Å². The molecule has 0 fully saturated rings. The zero-order valence-corrected chi connectivity index (χ0v) is 9.23. The van der Waals surface area contributed by atoms with Crippen molar-refractivity contribution in [3.63, 3.8) is 0 Å². The van der Waals surface area contributed by atoms with E-state index in [0.717, 1.165) is 5.39 Å². The SMILES string of the molecule is COc1cc2ccn(C)c(=O)c2cc1CO. The lowest BCUT2D eigenvalue weighted by molar-refractivity contribution is 0.274. The Bertz CT molecular complexity index is 587. The third-order valence-corrected chi connectivity index (χ3v) is 2.65. The number of hydrogen-bond acceptors (Lipinski definition) is 3. The number of aliphatic hydroxyl groups is 1. The zero-order chi connectivity index (χ0) is 11.7. The summed E-state index contributed by atoms with van der Waals surface area (Å²) in [7, 11) is 3.24. The average Bonchev–Trinajstić information content (AvgIpc) is 2.32. The summed E-state index contributed by atoms with van der Waals surface area (Å²) in [4.78, 5) is 11.8. The van der Waals surface area contributed by atoms with Crippen molar-refractivity contribution in [2.45, 2.75) is 6.61 Å². The Balaban J connectivity index is 2.84. The fourth-order valence-electron chi connectivity index (χ4n) is 1.73. The van der Waals surface area contributed by atoms with E-state index in [1.165, 1.54) is 4.57 Å². The van der Waals surface area contributed by atoms with Crippen LogP contribution in [0.25, 0.3) is 10.8 Å². The summed E-state index contributed by atoms with van der Waals surface area (Å²) in [6, 6.07) is 5.29. The molecule has 1 aromatic carbocycles. The van der Waals surface area contributed by atoms with Crippen LogP contribution in [0, 0.1) is 0 Å². The number of methoxy groups -OCH3 is 1. The number of hydrogen-bond donors (Lipinski definition) is 1. The molecule has 4 nitrogen and oxygen atoms in total. The molecule has 2 rings (SSSR count). The van der Waals surface area contributed by atoms with E-state index < -0.39 is 0 Å². The Kier molecular flexibility index (Phi) is 2.66. The fourth-order valence-corrected chi connectivity index (χ4v) is 1.73. The van der Waals surface area contributed by atoms with Crippen LogP contribution in [0.2, 0.25) is 0 Å². The van der Waals surface area contributed by atoms with Gasteiger partial charge in [0.15, 0.2) is 0 Å². The van der Waals surface area contributed by atoms with Crippen LogP contribution in [-0.2, 0) is 13.7 Å². The summed E-state index contributed by atoms with van der Waals surface area (Å²) >= 11 is 0. The molecule has 0 atom stereocenters. The summed E-state index contributed by atoms with van der Waals surface area (Å²) in [6.07, 6.45) is 1.71. The number of pyridine rings is 1. The molecule has 0 aliphatic heterocycles. The number of rotatable bonds is 2. The highest BCUT2D eigenvalue weighted by Crippen LogP contribution is 2.23. The average molecular weight is 219 g/mol. The van der Waals surface area contributed by atoms with Crippen LogP contribution in [0.3, 0.4) is 0 Å². The van der Waals surface area contributed by atoms with E-state index in [1.807, 2.05) is 6.07 Å². The molecule has 0 spiro atoms. The van der Waals surface area contributed by atoms with Crippen LogP contribution in [0.5, 0.6) is 5.75 Å². The van der Waals surface area contributed by atoms with Gasteiger partial charge in [-0.25, -0.2) is 0 Å². The molecule has 0 unspecified atom stereocenters. The van der Waals surface area contributed by atoms with Crippen LogP contribution in [0.15, 0.2) is 29.2 Å². The van der Waals surface area contributed by atoms with Crippen LogP contribution >= 0.6 is 0 Å². The first-order chi connectivity index (χ1) is 7.67. The minimum absolute atomic E-state index is 0.0742. The van der Waals surface area contributed by atoms with Crippen molar-refractivity contribution in [2.75, 3.05) is 7.11 Å². The van der Waals surface area contributed by atoms with Gasteiger partial charge in [-0.2, -0.15) is 0 Å². The van der Waals surface area contributed by atoms with E-state index in [4.69, 9.17) is 4.74 Å². The maximum absolute atomic E-state index is 11.8. The number of nitrogens with zero attached hydrogens (tertiary/aromatic N) is 1. The lowest BCUT2D eigenvalue weighted by Crippen LogP contribution is -2.15. The summed E-state index contributed by atoms with van der Waals surface area (Å²) in [5.41, 5.74) is 0.549. The van der Waals surface area contributed by atoms with Crippen molar-refractivity contribution in [3.8, 4) is 5.75 Å². The van der Waals surface area contributed by atoms with Gasteiger partial charge >= 0.3 is 0 Å². The van der Waals surface area contributed by atoms with Crippen LogP contribution < -0.4 is 10.3 Å². The molecule has 4 heteroatoms. The minimum atomic E-state index is -0.142. The monoisotopic (exact) mass is 219 g/mol. The highest BCUT2D eigenvalue weighted by molar-refractivity contribution is 5.84. The van der Waals surface area contributed by atoms with E-state index in [0.29, 0.717) is 16.7 Å². The largest absolute Gasteiger partial charge is 0.496 e. The van der Waals surface area contributed by atoms with Crippen molar-refractivity contribution in [1.29, 1.82) is 0 Å². The van der Waals surface area contributed by atoms with Gasteiger partial charge in [0.2, 0.25) is 0 Å². The molecular formula is C12H13NO3. The quantitative estimate of drug-likeness (QED) is 0.821. The van der Waals surface area contributed by atoms with Gasteiger partial charge in [-0.15, -0.1) is 0 Å². The maximum atomic E-state index is 11.8. The number of fused-ring (bicyclic) bond motifs is 1. The third kappa shape index (κ3) is 1.57. The molecular weight excluding hydrogens is 206 g/mol. The number of aliphatic hydroxyl groups excluding tert-OH is 1. The number of aromatic nitrogens is 1. The lowest BCUT2D eigenvalue weighted by atomic mass is 10.1. The lowest BCUT2D eigenvalue weighted by Gasteiger charge is -2.08. The van der Waals surface area contributed by atoms with Crippen LogP contribution in [0.1, 0.15) is 5.56 Å². The molecule has 1 heterocycles. The first-order valence-corrected chi connectivity index (χ1v) is 4.94. The summed E-state index contributed by atoms with van der Waals surface area (Å²) in [5.74, 6) is 0.600. The van der Waals surface area contributed by atoms with E-state index in [1.54, 1.807) is 32.5 Å². The Labute approximate surface area is 92.7 Å². The Morgan fingerprint density at radius 3 is 2.81 bits per heavy atom. The molecule has 84 valence electrons. The highest BCUT2D eigenvalue weighted by atomic mass is 16.5. The van der Waals surface area contributed by atoms with E-state index in [-0.39, 0.29) is 12.2 Å². The zero-order valence-electron chi connectivity index (χ0n) is 9.23. The van der Waals surface area contributed by atoms with E-state index in [9.17, 15) is 9.90 Å². The smallest absolute Gasteiger partial charge is 0.258 e. The number of aryl methyl sites for hydroxylation is 1. The second-order valence-electron chi connectivity index (χ2n) is 3.64. The van der Waals surface area contributed by atoms with Gasteiger partial charge in [-0.1, -0.05) is 0 Å². The second-order valence-corrected chi connectivity index (χ2v) is 3.64. The normalized spacial score (nSPS) is 10.7. The van der Waals surface area contributed by atoms with Gasteiger partial charge in [-0.3, -0.25) is 4.79 Å². The van der Waals surface area contributed by atoms with Crippen molar-refractivity contribution in [2.24, 2.45) is 7.05 Å². The van der Waals surface area contributed by atoms with Gasteiger partial charge in [0.1, 0.15) is 5.75 Å². The minimum Gasteiger partial charge on any atom is -0.496 e. The van der Waals surface area contributed by atoms with Crippen molar-refractivity contribution < 1.29 is 9.84 Å². The van der Waals surface area contributed by atoms with E-state index >= 15 is 0 Å². The van der Waals surface area contributed by atoms with Gasteiger partial charge in [0.05, 0.1) is 13.7 Å². The van der Waals surface area contributed by atoms with Gasteiger partial charge in [0, 0.05) is 24.2 Å². The maximum Gasteiger partial charge on any atom is 0.258 e. The summed E-state index contributed by atoms with van der Waals surface area (Å²) in [6.45, 7) is -0.142. The summed E-state index contributed by atoms with van der Waals surface area (Å²) < 4.78 is 6.66. The first-order valence-electron chi connectivity index (χ1n) is 4.94. The van der Waals surface area contributed by atoms with Crippen molar-refractivity contribution in [3.05, 3.63) is 40.3 Å². The van der Waals surface area contributed by atoms with Crippen LogP contribution in [-0.4, -0.2) is 16.8 Å². The molecule has 0 amide bonds. The van der Waals surface area contributed by atoms with Crippen molar-refractivity contribution in [1.82, 2.24) is 4.57 Å². The topological polar surface area (TPSA) is 51.5 Å². The van der Waals surface area contributed by atoms with Gasteiger partial charge < -0.3 is 14.4 Å². The number of benzene rings is 1. The third-order valence-electron chi connectivity index (χ3n) is 2.65.